The number of ether oxygens (including phenoxy) is 1. The fraction of sp³-hybridized carbons (Fsp3) is 0.100. The second kappa shape index (κ2) is 8.36. The van der Waals surface area contributed by atoms with Crippen molar-refractivity contribution < 1.29 is 9.53 Å². The van der Waals surface area contributed by atoms with Crippen molar-refractivity contribution in [1.29, 1.82) is 0 Å². The van der Waals surface area contributed by atoms with E-state index in [1.807, 2.05) is 24.3 Å². The highest BCUT2D eigenvalue weighted by Crippen LogP contribution is 2.19. The quantitative estimate of drug-likeness (QED) is 0.629. The standard InChI is InChI=1S/C20H18ClN3O2/c1-2-13-26-17-9-7-15(8-10-17)20(25)23-19-11-12-22-24(19)14-16-5-3-4-6-18(16)21/h2-12H,1,13-14H2,(H,23,25). The molecular formula is C20H18ClN3O2. The van der Waals surface area contributed by atoms with Crippen molar-refractivity contribution in [3.63, 3.8) is 0 Å². The Hall–Kier alpha value is -3.05. The molecule has 0 atom stereocenters. The Labute approximate surface area is 156 Å². The lowest BCUT2D eigenvalue weighted by Gasteiger charge is -2.10. The summed E-state index contributed by atoms with van der Waals surface area (Å²) in [6, 6.07) is 16.2. The van der Waals surface area contributed by atoms with Gasteiger partial charge in [0.05, 0.1) is 12.7 Å². The van der Waals surface area contributed by atoms with E-state index in [-0.39, 0.29) is 5.91 Å². The van der Waals surface area contributed by atoms with Gasteiger partial charge in [0, 0.05) is 16.7 Å². The Morgan fingerprint density at radius 2 is 1.96 bits per heavy atom. The molecule has 0 aliphatic rings. The zero-order valence-corrected chi connectivity index (χ0v) is 14.8. The van der Waals surface area contributed by atoms with E-state index in [1.54, 1.807) is 47.3 Å². The van der Waals surface area contributed by atoms with Gasteiger partial charge in [0.15, 0.2) is 0 Å². The van der Waals surface area contributed by atoms with Gasteiger partial charge in [-0.1, -0.05) is 42.5 Å². The van der Waals surface area contributed by atoms with Crippen LogP contribution in [0.5, 0.6) is 5.75 Å². The van der Waals surface area contributed by atoms with E-state index in [2.05, 4.69) is 17.0 Å². The van der Waals surface area contributed by atoms with Gasteiger partial charge in [-0.15, -0.1) is 0 Å². The number of hydrogen-bond acceptors (Lipinski definition) is 3. The molecule has 5 nitrogen and oxygen atoms in total. The minimum Gasteiger partial charge on any atom is -0.490 e. The molecule has 0 saturated carbocycles. The summed E-state index contributed by atoms with van der Waals surface area (Å²) >= 11 is 6.20. The van der Waals surface area contributed by atoms with Crippen LogP contribution in [0.15, 0.2) is 73.4 Å². The largest absolute Gasteiger partial charge is 0.490 e. The minimum atomic E-state index is -0.221. The van der Waals surface area contributed by atoms with Gasteiger partial charge in [-0.05, 0) is 35.9 Å². The average molecular weight is 368 g/mol. The number of nitrogens with one attached hydrogen (secondary N) is 1. The Bertz CT molecular complexity index is 903. The molecule has 0 bridgehead atoms. The maximum atomic E-state index is 12.5. The van der Waals surface area contributed by atoms with Crippen LogP contribution in [0.2, 0.25) is 5.02 Å². The van der Waals surface area contributed by atoms with E-state index in [1.165, 1.54) is 0 Å². The number of aromatic nitrogens is 2. The molecule has 1 heterocycles. The van der Waals surface area contributed by atoms with Crippen LogP contribution in [0.4, 0.5) is 5.82 Å². The third kappa shape index (κ3) is 4.32. The van der Waals surface area contributed by atoms with Crippen LogP contribution in [-0.4, -0.2) is 22.3 Å². The summed E-state index contributed by atoms with van der Waals surface area (Å²) in [5.41, 5.74) is 1.46. The zero-order chi connectivity index (χ0) is 18.4. The molecule has 3 rings (SSSR count). The second-order valence-corrected chi connectivity index (χ2v) is 5.95. The molecule has 0 spiro atoms. The van der Waals surface area contributed by atoms with Gasteiger partial charge in [-0.3, -0.25) is 4.79 Å². The molecule has 0 saturated heterocycles. The summed E-state index contributed by atoms with van der Waals surface area (Å²) < 4.78 is 7.11. The predicted molar refractivity (Wildman–Crippen MR) is 103 cm³/mol. The summed E-state index contributed by atoms with van der Waals surface area (Å²) in [4.78, 5) is 12.5. The van der Waals surface area contributed by atoms with Crippen molar-refractivity contribution in [3.8, 4) is 5.75 Å². The highest BCUT2D eigenvalue weighted by Gasteiger charge is 2.11. The molecule has 0 aliphatic carbocycles. The van der Waals surface area contributed by atoms with Crippen LogP contribution in [0.25, 0.3) is 0 Å². The van der Waals surface area contributed by atoms with Gasteiger partial charge in [-0.25, -0.2) is 4.68 Å². The predicted octanol–water partition coefficient (Wildman–Crippen LogP) is 4.40. The van der Waals surface area contributed by atoms with Gasteiger partial charge in [0.2, 0.25) is 0 Å². The smallest absolute Gasteiger partial charge is 0.256 e. The van der Waals surface area contributed by atoms with Crippen molar-refractivity contribution in [2.45, 2.75) is 6.54 Å². The molecule has 1 amide bonds. The third-order valence-electron chi connectivity index (χ3n) is 3.72. The molecule has 6 heteroatoms. The zero-order valence-electron chi connectivity index (χ0n) is 14.1. The molecule has 0 aliphatic heterocycles. The van der Waals surface area contributed by atoms with Crippen molar-refractivity contribution >= 4 is 23.3 Å². The van der Waals surface area contributed by atoms with E-state index < -0.39 is 0 Å². The van der Waals surface area contributed by atoms with Gasteiger partial charge in [0.1, 0.15) is 18.2 Å². The van der Waals surface area contributed by atoms with Crippen molar-refractivity contribution in [3.05, 3.63) is 89.6 Å². The summed E-state index contributed by atoms with van der Waals surface area (Å²) in [5.74, 6) is 1.06. The molecule has 0 unspecified atom stereocenters. The molecule has 1 N–H and O–H groups in total. The molecule has 132 valence electrons. The molecule has 3 aromatic rings. The van der Waals surface area contributed by atoms with Gasteiger partial charge >= 0.3 is 0 Å². The number of hydrogen-bond donors (Lipinski definition) is 1. The van der Waals surface area contributed by atoms with Crippen molar-refractivity contribution in [2.75, 3.05) is 11.9 Å². The second-order valence-electron chi connectivity index (χ2n) is 5.54. The number of amides is 1. The summed E-state index contributed by atoms with van der Waals surface area (Å²) in [5, 5.41) is 7.79. The highest BCUT2D eigenvalue weighted by atomic mass is 35.5. The number of nitrogens with zero attached hydrogens (tertiary/aromatic N) is 2. The van der Waals surface area contributed by atoms with E-state index in [0.717, 1.165) is 5.56 Å². The van der Waals surface area contributed by atoms with E-state index in [9.17, 15) is 4.79 Å². The maximum absolute atomic E-state index is 12.5. The molecule has 0 fully saturated rings. The maximum Gasteiger partial charge on any atom is 0.256 e. The monoisotopic (exact) mass is 367 g/mol. The molecule has 26 heavy (non-hydrogen) atoms. The third-order valence-corrected chi connectivity index (χ3v) is 4.09. The molecule has 1 aromatic heterocycles. The van der Waals surface area contributed by atoms with Gasteiger partial charge in [0.25, 0.3) is 5.91 Å². The molecule has 2 aromatic carbocycles. The topological polar surface area (TPSA) is 56.1 Å². The van der Waals surface area contributed by atoms with Crippen LogP contribution >= 0.6 is 11.6 Å². The normalized spacial score (nSPS) is 10.3. The van der Waals surface area contributed by atoms with Crippen LogP contribution < -0.4 is 10.1 Å². The van der Waals surface area contributed by atoms with Crippen LogP contribution in [-0.2, 0) is 6.54 Å². The number of halogens is 1. The first-order valence-corrected chi connectivity index (χ1v) is 8.45. The van der Waals surface area contributed by atoms with E-state index in [0.29, 0.717) is 35.3 Å². The summed E-state index contributed by atoms with van der Waals surface area (Å²) in [6.07, 6.45) is 3.31. The lowest BCUT2D eigenvalue weighted by atomic mass is 10.2. The van der Waals surface area contributed by atoms with Crippen LogP contribution in [0.3, 0.4) is 0 Å². The van der Waals surface area contributed by atoms with Crippen molar-refractivity contribution in [1.82, 2.24) is 9.78 Å². The lowest BCUT2D eigenvalue weighted by molar-refractivity contribution is 0.102. The molecule has 0 radical (unpaired) electrons. The summed E-state index contributed by atoms with van der Waals surface area (Å²) in [7, 11) is 0. The number of rotatable bonds is 7. The molecular weight excluding hydrogens is 350 g/mol. The number of carbonyl (C=O) groups is 1. The number of benzene rings is 2. The Balaban J connectivity index is 1.69. The van der Waals surface area contributed by atoms with Gasteiger partial charge in [-0.2, -0.15) is 5.10 Å². The first-order chi connectivity index (χ1) is 12.7. The Kier molecular flexibility index (Phi) is 5.71. The minimum absolute atomic E-state index is 0.221. The van der Waals surface area contributed by atoms with Crippen LogP contribution in [0, 0.1) is 0 Å². The fourth-order valence-corrected chi connectivity index (χ4v) is 2.59. The SMILES string of the molecule is C=CCOc1ccc(C(=O)Nc2ccnn2Cc2ccccc2Cl)cc1. The number of carbonyl (C=O) groups excluding carboxylic acids is 1. The highest BCUT2D eigenvalue weighted by molar-refractivity contribution is 6.31. The van der Waals surface area contributed by atoms with Crippen LogP contribution in [0.1, 0.15) is 15.9 Å². The fourth-order valence-electron chi connectivity index (χ4n) is 2.40. The Morgan fingerprint density at radius 1 is 1.19 bits per heavy atom. The lowest BCUT2D eigenvalue weighted by Crippen LogP contribution is -2.16. The van der Waals surface area contributed by atoms with Crippen molar-refractivity contribution in [2.24, 2.45) is 0 Å². The first-order valence-electron chi connectivity index (χ1n) is 8.07. The summed E-state index contributed by atoms with van der Waals surface area (Å²) in [6.45, 7) is 4.49. The average Bonchev–Trinajstić information content (AvgIpc) is 3.09. The number of anilines is 1. The Morgan fingerprint density at radius 3 is 2.69 bits per heavy atom. The van der Waals surface area contributed by atoms with Gasteiger partial charge < -0.3 is 10.1 Å². The first kappa shape index (κ1) is 17.8. The van der Waals surface area contributed by atoms with E-state index in [4.69, 9.17) is 16.3 Å². The van der Waals surface area contributed by atoms with E-state index >= 15 is 0 Å².